The van der Waals surface area contributed by atoms with Crippen LogP contribution in [0.1, 0.15) is 18.1 Å². The zero-order valence-electron chi connectivity index (χ0n) is 19.6. The molecule has 0 amide bonds. The van der Waals surface area contributed by atoms with E-state index in [1.54, 1.807) is 36.4 Å². The number of anilines is 4. The molecule has 0 unspecified atom stereocenters. The van der Waals surface area contributed by atoms with Crippen molar-refractivity contribution >= 4 is 22.9 Å². The maximum absolute atomic E-state index is 9.39. The second kappa shape index (κ2) is 10.8. The molecule has 4 rings (SSSR count). The standard InChI is InChI=1S/C26H25N7O3/c1-2-34-20-8-17(14-27)9-21(13-20)35-25-23(30)24(31-15-16-6-4-3-5-7-16)32-26(33-25)36-22-11-18(28)10-19(29)12-22/h3-13H,2,15,28-30H2,1H3,(H,31,32,33). The van der Waals surface area contributed by atoms with E-state index in [4.69, 9.17) is 31.4 Å². The van der Waals surface area contributed by atoms with Crippen molar-refractivity contribution in [3.8, 4) is 35.2 Å². The van der Waals surface area contributed by atoms with Crippen molar-refractivity contribution in [3.63, 3.8) is 0 Å². The minimum Gasteiger partial charge on any atom is -0.494 e. The quantitative estimate of drug-likeness (QED) is 0.245. The van der Waals surface area contributed by atoms with Gasteiger partial charge in [-0.15, -0.1) is 0 Å². The molecule has 3 aromatic carbocycles. The molecule has 7 N–H and O–H groups in total. The Morgan fingerprint density at radius 1 is 0.861 bits per heavy atom. The van der Waals surface area contributed by atoms with E-state index in [2.05, 4.69) is 21.4 Å². The number of benzene rings is 3. The van der Waals surface area contributed by atoms with Gasteiger partial charge in [-0.3, -0.25) is 0 Å². The fourth-order valence-corrected chi connectivity index (χ4v) is 3.34. The van der Waals surface area contributed by atoms with Gasteiger partial charge in [0.05, 0.1) is 18.2 Å². The lowest BCUT2D eigenvalue weighted by Gasteiger charge is -2.15. The summed E-state index contributed by atoms with van der Waals surface area (Å²) < 4.78 is 17.4. The van der Waals surface area contributed by atoms with Gasteiger partial charge in [0.1, 0.15) is 22.9 Å². The number of nitriles is 1. The summed E-state index contributed by atoms with van der Waals surface area (Å²) in [5.41, 5.74) is 20.5. The van der Waals surface area contributed by atoms with E-state index in [9.17, 15) is 5.26 Å². The summed E-state index contributed by atoms with van der Waals surface area (Å²) in [5, 5.41) is 12.6. The molecular weight excluding hydrogens is 458 g/mol. The fraction of sp³-hybridized carbons (Fsp3) is 0.115. The molecule has 36 heavy (non-hydrogen) atoms. The Labute approximate surface area is 208 Å². The number of nitrogens with one attached hydrogen (secondary N) is 1. The zero-order chi connectivity index (χ0) is 25.5. The molecule has 0 aliphatic heterocycles. The lowest BCUT2D eigenvalue weighted by Crippen LogP contribution is -2.08. The van der Waals surface area contributed by atoms with E-state index < -0.39 is 0 Å². The van der Waals surface area contributed by atoms with Gasteiger partial charge in [-0.1, -0.05) is 30.3 Å². The van der Waals surface area contributed by atoms with E-state index >= 15 is 0 Å². The number of hydrogen-bond acceptors (Lipinski definition) is 10. The summed E-state index contributed by atoms with van der Waals surface area (Å²) in [6, 6.07) is 21.4. The van der Waals surface area contributed by atoms with Crippen LogP contribution in [0.2, 0.25) is 0 Å². The Balaban J connectivity index is 1.70. The summed E-state index contributed by atoms with van der Waals surface area (Å²) in [7, 11) is 0. The van der Waals surface area contributed by atoms with Gasteiger partial charge in [0, 0.05) is 36.1 Å². The largest absolute Gasteiger partial charge is 0.494 e. The van der Waals surface area contributed by atoms with Crippen molar-refractivity contribution in [3.05, 3.63) is 77.9 Å². The summed E-state index contributed by atoms with van der Waals surface area (Å²) >= 11 is 0. The third kappa shape index (κ3) is 6.03. The Kier molecular flexibility index (Phi) is 7.22. The Bertz CT molecular complexity index is 1380. The first-order valence-electron chi connectivity index (χ1n) is 11.1. The van der Waals surface area contributed by atoms with Crippen LogP contribution < -0.4 is 36.7 Å². The van der Waals surface area contributed by atoms with Crippen molar-refractivity contribution in [2.75, 3.05) is 29.1 Å². The van der Waals surface area contributed by atoms with Crippen LogP contribution in [-0.2, 0) is 6.54 Å². The van der Waals surface area contributed by atoms with Crippen LogP contribution in [0, 0.1) is 11.3 Å². The first-order chi connectivity index (χ1) is 17.4. The first kappa shape index (κ1) is 24.0. The second-order valence-corrected chi connectivity index (χ2v) is 7.69. The molecule has 0 atom stereocenters. The lowest BCUT2D eigenvalue weighted by molar-refractivity contribution is 0.337. The number of hydrogen-bond donors (Lipinski definition) is 4. The van der Waals surface area contributed by atoms with Crippen LogP contribution in [0.5, 0.6) is 29.1 Å². The molecule has 0 saturated carbocycles. The summed E-state index contributed by atoms with van der Waals surface area (Å²) in [4.78, 5) is 8.76. The average Bonchev–Trinajstić information content (AvgIpc) is 2.85. The molecule has 0 fully saturated rings. The van der Waals surface area contributed by atoms with E-state index in [0.29, 0.717) is 53.2 Å². The van der Waals surface area contributed by atoms with Crippen LogP contribution in [0.3, 0.4) is 0 Å². The second-order valence-electron chi connectivity index (χ2n) is 7.69. The molecule has 0 aliphatic rings. The van der Waals surface area contributed by atoms with Crippen molar-refractivity contribution in [2.24, 2.45) is 0 Å². The smallest absolute Gasteiger partial charge is 0.327 e. The third-order valence-electron chi connectivity index (χ3n) is 4.89. The van der Waals surface area contributed by atoms with Crippen molar-refractivity contribution in [1.29, 1.82) is 5.26 Å². The number of ether oxygens (including phenoxy) is 3. The molecule has 10 nitrogen and oxygen atoms in total. The SMILES string of the molecule is CCOc1cc(C#N)cc(Oc2nc(Oc3cc(N)cc(N)c3)nc(NCc3ccccc3)c2N)c1. The maximum atomic E-state index is 9.39. The highest BCUT2D eigenvalue weighted by molar-refractivity contribution is 5.68. The zero-order valence-corrected chi connectivity index (χ0v) is 19.6. The van der Waals surface area contributed by atoms with Gasteiger partial charge < -0.3 is 36.7 Å². The topological polar surface area (TPSA) is 167 Å². The molecule has 0 spiro atoms. The summed E-state index contributed by atoms with van der Waals surface area (Å²) in [6.45, 7) is 2.72. The minimum absolute atomic E-state index is 0.0324. The highest BCUT2D eigenvalue weighted by Crippen LogP contribution is 2.35. The lowest BCUT2D eigenvalue weighted by atomic mass is 10.2. The van der Waals surface area contributed by atoms with Crippen LogP contribution >= 0.6 is 0 Å². The van der Waals surface area contributed by atoms with E-state index in [1.807, 2.05) is 37.3 Å². The predicted octanol–water partition coefficient (Wildman–Crippen LogP) is 4.69. The predicted molar refractivity (Wildman–Crippen MR) is 138 cm³/mol. The first-order valence-corrected chi connectivity index (χ1v) is 11.1. The number of nitrogens with zero attached hydrogens (tertiary/aromatic N) is 3. The van der Waals surface area contributed by atoms with Gasteiger partial charge in [0.25, 0.3) is 5.88 Å². The molecule has 1 heterocycles. The van der Waals surface area contributed by atoms with Gasteiger partial charge in [-0.05, 0) is 30.7 Å². The van der Waals surface area contributed by atoms with Crippen LogP contribution in [0.4, 0.5) is 22.9 Å². The van der Waals surface area contributed by atoms with Crippen molar-refractivity contribution < 1.29 is 14.2 Å². The average molecular weight is 484 g/mol. The van der Waals surface area contributed by atoms with E-state index in [0.717, 1.165) is 5.56 Å². The normalized spacial score (nSPS) is 10.3. The van der Waals surface area contributed by atoms with E-state index in [1.165, 1.54) is 0 Å². The molecule has 0 radical (unpaired) electrons. The number of aromatic nitrogens is 2. The molecule has 10 heteroatoms. The van der Waals surface area contributed by atoms with Crippen molar-refractivity contribution in [2.45, 2.75) is 13.5 Å². The molecule has 0 saturated heterocycles. The summed E-state index contributed by atoms with van der Waals surface area (Å²) in [5.74, 6) is 1.48. The highest BCUT2D eigenvalue weighted by Gasteiger charge is 2.17. The molecule has 4 aromatic rings. The molecule has 0 aliphatic carbocycles. The van der Waals surface area contributed by atoms with Crippen molar-refractivity contribution in [1.82, 2.24) is 9.97 Å². The van der Waals surface area contributed by atoms with Crippen LogP contribution in [0.25, 0.3) is 0 Å². The van der Waals surface area contributed by atoms with Crippen LogP contribution in [0.15, 0.2) is 66.7 Å². The summed E-state index contributed by atoms with van der Waals surface area (Å²) in [6.07, 6.45) is 0. The molecule has 1 aromatic heterocycles. The van der Waals surface area contributed by atoms with Gasteiger partial charge in [-0.2, -0.15) is 15.2 Å². The Hall–Kier alpha value is -5.17. The minimum atomic E-state index is -0.0405. The maximum Gasteiger partial charge on any atom is 0.327 e. The van der Waals surface area contributed by atoms with Gasteiger partial charge in [0.2, 0.25) is 0 Å². The molecular formula is C26H25N7O3. The highest BCUT2D eigenvalue weighted by atomic mass is 16.5. The third-order valence-corrected chi connectivity index (χ3v) is 4.89. The molecule has 182 valence electrons. The van der Waals surface area contributed by atoms with Gasteiger partial charge in [-0.25, -0.2) is 0 Å². The number of nitrogens with two attached hydrogens (primary N) is 3. The van der Waals surface area contributed by atoms with Crippen LogP contribution in [-0.4, -0.2) is 16.6 Å². The van der Waals surface area contributed by atoms with Gasteiger partial charge in [0.15, 0.2) is 5.82 Å². The van der Waals surface area contributed by atoms with E-state index in [-0.39, 0.29) is 17.6 Å². The monoisotopic (exact) mass is 483 g/mol. The fourth-order valence-electron chi connectivity index (χ4n) is 3.34. The Morgan fingerprint density at radius 3 is 2.25 bits per heavy atom. The number of rotatable bonds is 9. The number of nitrogen functional groups attached to an aromatic ring is 3. The molecule has 0 bridgehead atoms. The Morgan fingerprint density at radius 2 is 1.56 bits per heavy atom. The van der Waals surface area contributed by atoms with Gasteiger partial charge >= 0.3 is 6.01 Å².